The van der Waals surface area contributed by atoms with E-state index in [9.17, 15) is 0 Å². The second-order valence-corrected chi connectivity index (χ2v) is 3.65. The number of ether oxygens (including phenoxy) is 1. The van der Waals surface area contributed by atoms with Gasteiger partial charge in [0.05, 0.1) is 0 Å². The Labute approximate surface area is 95.3 Å². The lowest BCUT2D eigenvalue weighted by Gasteiger charge is -2.05. The monoisotopic (exact) mass is 220 g/mol. The smallest absolute Gasteiger partial charge is 0.127 e. The fourth-order valence-electron chi connectivity index (χ4n) is 1.05. The third-order valence-corrected chi connectivity index (χ3v) is 1.81. The molecule has 0 saturated carbocycles. The molecule has 0 fully saturated rings. The van der Waals surface area contributed by atoms with Gasteiger partial charge >= 0.3 is 0 Å². The van der Waals surface area contributed by atoms with Crippen molar-refractivity contribution in [1.29, 1.82) is 0 Å². The molecule has 1 nitrogen and oxygen atoms in total. The van der Waals surface area contributed by atoms with Crippen molar-refractivity contribution >= 4 is 11.6 Å². The average molecular weight is 221 g/mol. The molecule has 0 aliphatic rings. The van der Waals surface area contributed by atoms with E-state index in [-0.39, 0.29) is 0 Å². The van der Waals surface area contributed by atoms with Crippen LogP contribution < -0.4 is 4.74 Å². The molecular weight excluding hydrogens is 208 g/mol. The highest BCUT2D eigenvalue weighted by Gasteiger charge is 1.94. The van der Waals surface area contributed by atoms with Crippen LogP contribution in [0.1, 0.15) is 5.56 Å². The molecule has 2 heteroatoms. The quantitative estimate of drug-likeness (QED) is 0.546. The van der Waals surface area contributed by atoms with Crippen molar-refractivity contribution < 1.29 is 4.74 Å². The van der Waals surface area contributed by atoms with E-state index in [1.54, 1.807) is 12.2 Å². The summed E-state index contributed by atoms with van der Waals surface area (Å²) in [5.41, 5.74) is 1.14. The lowest BCUT2D eigenvalue weighted by atomic mass is 10.2. The first-order valence-electron chi connectivity index (χ1n) is 4.54. The third-order valence-electron chi connectivity index (χ3n) is 1.69. The van der Waals surface area contributed by atoms with Crippen molar-refractivity contribution in [2.24, 2.45) is 0 Å². The number of aryl methyl sites for hydroxylation is 1. The summed E-state index contributed by atoms with van der Waals surface area (Å²) in [5, 5.41) is 0.448. The first-order valence-corrected chi connectivity index (χ1v) is 4.91. The molecule has 0 aromatic heterocycles. The van der Waals surface area contributed by atoms with Crippen LogP contribution in [0.5, 0.6) is 5.75 Å². The topological polar surface area (TPSA) is 9.23 Å². The Morgan fingerprint density at radius 1 is 1.33 bits per heavy atom. The van der Waals surface area contributed by atoms with Gasteiger partial charge in [0.25, 0.3) is 0 Å². The lowest BCUT2D eigenvalue weighted by molar-refractivity contribution is 0.446. The molecule has 0 saturated heterocycles. The molecular formula is C13H13ClO. The van der Waals surface area contributed by atoms with Gasteiger partial charge in [0.15, 0.2) is 0 Å². The van der Waals surface area contributed by atoms with E-state index in [1.165, 1.54) is 0 Å². The Bertz CT molecular complexity index is 405. The zero-order valence-corrected chi connectivity index (χ0v) is 9.42. The van der Waals surface area contributed by atoms with Crippen LogP contribution in [-0.2, 0) is 0 Å². The van der Waals surface area contributed by atoms with Gasteiger partial charge in [-0.05, 0) is 36.8 Å². The summed E-state index contributed by atoms with van der Waals surface area (Å²) in [4.78, 5) is 0. The SMILES string of the molecule is C=C(Cl)/C=C\C(=C)Oc1cccc(C)c1. The van der Waals surface area contributed by atoms with Crippen molar-refractivity contribution in [3.8, 4) is 5.75 Å². The molecule has 0 spiro atoms. The molecule has 0 unspecified atom stereocenters. The molecule has 1 aromatic carbocycles. The van der Waals surface area contributed by atoms with E-state index in [0.29, 0.717) is 10.8 Å². The molecule has 0 N–H and O–H groups in total. The minimum Gasteiger partial charge on any atom is -0.458 e. The molecule has 0 atom stereocenters. The van der Waals surface area contributed by atoms with Crippen LogP contribution in [0, 0.1) is 6.92 Å². The van der Waals surface area contributed by atoms with Crippen molar-refractivity contribution in [2.45, 2.75) is 6.92 Å². The molecule has 0 heterocycles. The Morgan fingerprint density at radius 2 is 2.07 bits per heavy atom. The van der Waals surface area contributed by atoms with Crippen molar-refractivity contribution in [1.82, 2.24) is 0 Å². The largest absolute Gasteiger partial charge is 0.458 e. The molecule has 0 aliphatic carbocycles. The molecule has 15 heavy (non-hydrogen) atoms. The van der Waals surface area contributed by atoms with E-state index in [1.807, 2.05) is 31.2 Å². The predicted octanol–water partition coefficient (Wildman–Crippen LogP) is 4.20. The summed E-state index contributed by atoms with van der Waals surface area (Å²) in [5.74, 6) is 1.30. The maximum Gasteiger partial charge on any atom is 0.127 e. The van der Waals surface area contributed by atoms with Gasteiger partial charge in [-0.15, -0.1) is 0 Å². The first kappa shape index (κ1) is 11.6. The van der Waals surface area contributed by atoms with Gasteiger partial charge in [-0.2, -0.15) is 0 Å². The van der Waals surface area contributed by atoms with E-state index >= 15 is 0 Å². The van der Waals surface area contributed by atoms with Crippen LogP contribution in [0.15, 0.2) is 60.4 Å². The summed E-state index contributed by atoms with van der Waals surface area (Å²) in [7, 11) is 0. The summed E-state index contributed by atoms with van der Waals surface area (Å²) in [6, 6.07) is 7.75. The minimum absolute atomic E-state index is 0.448. The molecule has 0 radical (unpaired) electrons. The van der Waals surface area contributed by atoms with Crippen molar-refractivity contribution in [3.63, 3.8) is 0 Å². The number of benzene rings is 1. The van der Waals surface area contributed by atoms with Crippen LogP contribution in [0.2, 0.25) is 0 Å². The predicted molar refractivity (Wildman–Crippen MR) is 65.1 cm³/mol. The van der Waals surface area contributed by atoms with Gasteiger partial charge in [-0.25, -0.2) is 0 Å². The van der Waals surface area contributed by atoms with E-state index in [2.05, 4.69) is 13.2 Å². The lowest BCUT2D eigenvalue weighted by Crippen LogP contribution is -1.90. The van der Waals surface area contributed by atoms with Crippen LogP contribution >= 0.6 is 11.6 Å². The maximum atomic E-state index is 5.57. The van der Waals surface area contributed by atoms with E-state index in [0.717, 1.165) is 11.3 Å². The van der Waals surface area contributed by atoms with Gasteiger partial charge in [0.1, 0.15) is 11.5 Å². The number of allylic oxidation sites excluding steroid dienone is 3. The van der Waals surface area contributed by atoms with Gasteiger partial charge in [0, 0.05) is 5.03 Å². The highest BCUT2D eigenvalue weighted by atomic mass is 35.5. The van der Waals surface area contributed by atoms with E-state index in [4.69, 9.17) is 16.3 Å². The minimum atomic E-state index is 0.448. The number of halogens is 1. The highest BCUT2D eigenvalue weighted by molar-refractivity contribution is 6.30. The Morgan fingerprint density at radius 3 is 2.67 bits per heavy atom. The second-order valence-electron chi connectivity index (χ2n) is 3.17. The Hall–Kier alpha value is -1.47. The number of hydrogen-bond acceptors (Lipinski definition) is 1. The number of rotatable bonds is 4. The Kier molecular flexibility index (Phi) is 4.19. The van der Waals surface area contributed by atoms with Crippen LogP contribution in [-0.4, -0.2) is 0 Å². The summed E-state index contributed by atoms with van der Waals surface area (Å²) in [6.45, 7) is 9.28. The van der Waals surface area contributed by atoms with E-state index < -0.39 is 0 Å². The molecule has 0 bridgehead atoms. The molecule has 0 aliphatic heterocycles. The van der Waals surface area contributed by atoms with Crippen LogP contribution in [0.4, 0.5) is 0 Å². The van der Waals surface area contributed by atoms with Crippen LogP contribution in [0.25, 0.3) is 0 Å². The van der Waals surface area contributed by atoms with Crippen molar-refractivity contribution in [2.75, 3.05) is 0 Å². The normalized spacial score (nSPS) is 10.3. The van der Waals surface area contributed by atoms with Gasteiger partial charge < -0.3 is 4.74 Å². The highest BCUT2D eigenvalue weighted by Crippen LogP contribution is 2.15. The standard InChI is InChI=1S/C13H13ClO/c1-10-5-4-6-13(9-10)15-12(3)8-7-11(2)14/h4-9H,2-3H2,1H3/b8-7-. The maximum absolute atomic E-state index is 5.57. The Balaban J connectivity index is 2.63. The summed E-state index contributed by atoms with van der Waals surface area (Å²) >= 11 is 5.57. The van der Waals surface area contributed by atoms with Crippen LogP contribution in [0.3, 0.4) is 0 Å². The zero-order chi connectivity index (χ0) is 11.3. The molecule has 1 rings (SSSR count). The molecule has 78 valence electrons. The van der Waals surface area contributed by atoms with Gasteiger partial charge in [-0.1, -0.05) is 36.9 Å². The number of hydrogen-bond donors (Lipinski definition) is 0. The third kappa shape index (κ3) is 4.52. The fourth-order valence-corrected chi connectivity index (χ4v) is 1.11. The molecule has 1 aromatic rings. The average Bonchev–Trinajstić information content (AvgIpc) is 2.15. The molecule has 0 amide bonds. The van der Waals surface area contributed by atoms with Gasteiger partial charge in [0.2, 0.25) is 0 Å². The first-order chi connectivity index (χ1) is 7.08. The summed E-state index contributed by atoms with van der Waals surface area (Å²) in [6.07, 6.45) is 3.32. The van der Waals surface area contributed by atoms with Gasteiger partial charge in [-0.3, -0.25) is 0 Å². The second kappa shape index (κ2) is 5.42. The zero-order valence-electron chi connectivity index (χ0n) is 8.66. The van der Waals surface area contributed by atoms with Crippen molar-refractivity contribution in [3.05, 3.63) is 65.9 Å². The fraction of sp³-hybridized carbons (Fsp3) is 0.0769. The summed E-state index contributed by atoms with van der Waals surface area (Å²) < 4.78 is 5.46.